The van der Waals surface area contributed by atoms with Gasteiger partial charge in [0.25, 0.3) is 0 Å². The Hall–Kier alpha value is 0.494. The van der Waals surface area contributed by atoms with Crippen molar-refractivity contribution in [3.63, 3.8) is 0 Å². The fourth-order valence-electron chi connectivity index (χ4n) is 2.97. The molecule has 0 spiro atoms. The summed E-state index contributed by atoms with van der Waals surface area (Å²) in [5.74, 6) is 0. The second kappa shape index (κ2) is 32.2. The van der Waals surface area contributed by atoms with Crippen molar-refractivity contribution in [2.45, 2.75) is 142 Å². The summed E-state index contributed by atoms with van der Waals surface area (Å²) in [5, 5.41) is 0. The smallest absolute Gasteiger partial charge is 0.343 e. The Balaban J connectivity index is -0.000000372. The van der Waals surface area contributed by atoms with E-state index in [1.165, 1.54) is 116 Å². The van der Waals surface area contributed by atoms with E-state index < -0.39 is 0 Å². The average molecular weight is 397 g/mol. The van der Waals surface area contributed by atoms with Gasteiger partial charge in [0.05, 0.1) is 0 Å². The summed E-state index contributed by atoms with van der Waals surface area (Å²) in [5.41, 5.74) is 0. The number of hydrogen-bond donors (Lipinski definition) is 0. The van der Waals surface area contributed by atoms with Gasteiger partial charge in [-0.15, -0.1) is 0 Å². The van der Waals surface area contributed by atoms with Crippen LogP contribution in [0.1, 0.15) is 142 Å². The molecule has 25 heavy (non-hydrogen) atoms. The first-order valence-electron chi connectivity index (χ1n) is 11.4. The fourth-order valence-corrected chi connectivity index (χ4v) is 2.97. The SMILES string of the molecule is [CH2-]CCCCCCCCCCC.[CH2-]CCCCCCCCCCC.[Ni+2]. The second-order valence-corrected chi connectivity index (χ2v) is 7.36. The van der Waals surface area contributed by atoms with Gasteiger partial charge in [0, 0.05) is 0 Å². The van der Waals surface area contributed by atoms with Crippen molar-refractivity contribution in [2.24, 2.45) is 0 Å². The topological polar surface area (TPSA) is 0 Å². The molecule has 1 heteroatoms. The van der Waals surface area contributed by atoms with Crippen LogP contribution in [0.25, 0.3) is 0 Å². The maximum atomic E-state index is 3.84. The maximum absolute atomic E-state index is 3.84. The molecule has 0 saturated carbocycles. The molecule has 0 atom stereocenters. The molecular weight excluding hydrogens is 347 g/mol. The van der Waals surface area contributed by atoms with Crippen LogP contribution in [0.4, 0.5) is 0 Å². The third-order valence-electron chi connectivity index (χ3n) is 4.71. The Morgan fingerprint density at radius 3 is 0.760 bits per heavy atom. The van der Waals surface area contributed by atoms with Crippen LogP contribution in [0.3, 0.4) is 0 Å². The summed E-state index contributed by atoms with van der Waals surface area (Å²) in [6.07, 6.45) is 27.8. The second-order valence-electron chi connectivity index (χ2n) is 7.36. The zero-order chi connectivity index (χ0) is 18.1. The van der Waals surface area contributed by atoms with Crippen molar-refractivity contribution in [3.05, 3.63) is 13.8 Å². The van der Waals surface area contributed by atoms with Gasteiger partial charge in [-0.1, -0.05) is 129 Å². The number of rotatable bonds is 18. The first kappa shape index (κ1) is 30.2. The molecule has 0 N–H and O–H groups in total. The van der Waals surface area contributed by atoms with E-state index in [0.717, 1.165) is 12.8 Å². The van der Waals surface area contributed by atoms with Gasteiger partial charge < -0.3 is 13.8 Å². The molecule has 0 aromatic rings. The molecule has 0 heterocycles. The van der Waals surface area contributed by atoms with Crippen LogP contribution < -0.4 is 0 Å². The molecule has 0 nitrogen and oxygen atoms in total. The van der Waals surface area contributed by atoms with Crippen molar-refractivity contribution in [1.82, 2.24) is 0 Å². The molecule has 0 unspecified atom stereocenters. The molecule has 0 aliphatic carbocycles. The minimum absolute atomic E-state index is 0. The molecule has 0 radical (unpaired) electrons. The van der Waals surface area contributed by atoms with E-state index in [9.17, 15) is 0 Å². The molecule has 0 aromatic heterocycles. The van der Waals surface area contributed by atoms with Crippen molar-refractivity contribution in [2.75, 3.05) is 0 Å². The summed E-state index contributed by atoms with van der Waals surface area (Å²) in [7, 11) is 0. The van der Waals surface area contributed by atoms with Crippen molar-refractivity contribution in [1.29, 1.82) is 0 Å². The van der Waals surface area contributed by atoms with Gasteiger partial charge >= 0.3 is 16.5 Å². The first-order valence-corrected chi connectivity index (χ1v) is 11.4. The molecule has 0 saturated heterocycles. The van der Waals surface area contributed by atoms with Crippen molar-refractivity contribution in [3.8, 4) is 0 Å². The summed E-state index contributed by atoms with van der Waals surface area (Å²) in [4.78, 5) is 0. The Bertz CT molecular complexity index is 139. The summed E-state index contributed by atoms with van der Waals surface area (Å²) in [6, 6.07) is 0. The van der Waals surface area contributed by atoms with Crippen LogP contribution in [-0.2, 0) is 16.5 Å². The predicted octanol–water partition coefficient (Wildman–Crippen LogP) is 9.48. The fraction of sp³-hybridized carbons (Fsp3) is 0.917. The zero-order valence-electron chi connectivity index (χ0n) is 17.9. The molecular formula is C24H50Ni. The minimum atomic E-state index is 0. The molecule has 0 aliphatic heterocycles. The summed E-state index contributed by atoms with van der Waals surface area (Å²) in [6.45, 7) is 12.2. The Morgan fingerprint density at radius 1 is 0.360 bits per heavy atom. The van der Waals surface area contributed by atoms with Gasteiger partial charge in [-0.25, -0.2) is 0 Å². The third kappa shape index (κ3) is 36.2. The Morgan fingerprint density at radius 2 is 0.560 bits per heavy atom. The van der Waals surface area contributed by atoms with E-state index >= 15 is 0 Å². The Kier molecular flexibility index (Phi) is 38.9. The summed E-state index contributed by atoms with van der Waals surface area (Å²) < 4.78 is 0. The average Bonchev–Trinajstić information content (AvgIpc) is 2.60. The van der Waals surface area contributed by atoms with Crippen LogP contribution in [0.5, 0.6) is 0 Å². The van der Waals surface area contributed by atoms with Gasteiger partial charge in [0.2, 0.25) is 0 Å². The quantitative estimate of drug-likeness (QED) is 0.123. The van der Waals surface area contributed by atoms with E-state index in [2.05, 4.69) is 27.7 Å². The minimum Gasteiger partial charge on any atom is -0.343 e. The molecule has 0 aromatic carbocycles. The predicted molar refractivity (Wildman–Crippen MR) is 114 cm³/mol. The standard InChI is InChI=1S/2C12H25.Ni/c2*1-3-5-7-9-11-12-10-8-6-4-2;/h2*1,3-12H2,2H3;/q2*-1;+2. The molecule has 0 aliphatic rings. The van der Waals surface area contributed by atoms with E-state index in [0.29, 0.717) is 0 Å². The third-order valence-corrected chi connectivity index (χ3v) is 4.71. The molecule has 0 bridgehead atoms. The van der Waals surface area contributed by atoms with Gasteiger partial charge in [-0.3, -0.25) is 0 Å². The van der Waals surface area contributed by atoms with Gasteiger partial charge in [0.15, 0.2) is 0 Å². The van der Waals surface area contributed by atoms with Crippen molar-refractivity contribution < 1.29 is 16.5 Å². The van der Waals surface area contributed by atoms with Crippen LogP contribution in [-0.4, -0.2) is 0 Å². The molecule has 0 fully saturated rings. The van der Waals surface area contributed by atoms with Gasteiger partial charge in [-0.2, -0.15) is 12.8 Å². The van der Waals surface area contributed by atoms with Crippen LogP contribution in [0.15, 0.2) is 0 Å². The molecule has 0 amide bonds. The molecule has 0 rings (SSSR count). The van der Waals surface area contributed by atoms with E-state index in [-0.39, 0.29) is 16.5 Å². The number of unbranched alkanes of at least 4 members (excludes halogenated alkanes) is 18. The first-order chi connectivity index (χ1) is 11.8. The van der Waals surface area contributed by atoms with Gasteiger partial charge in [-0.05, 0) is 0 Å². The van der Waals surface area contributed by atoms with E-state index in [1.54, 1.807) is 0 Å². The van der Waals surface area contributed by atoms with Crippen LogP contribution >= 0.6 is 0 Å². The zero-order valence-corrected chi connectivity index (χ0v) is 18.9. The van der Waals surface area contributed by atoms with E-state index in [1.807, 2.05) is 0 Å². The monoisotopic (exact) mass is 396 g/mol. The van der Waals surface area contributed by atoms with Gasteiger partial charge in [0.1, 0.15) is 0 Å². The maximum Gasteiger partial charge on any atom is 2.00 e. The van der Waals surface area contributed by atoms with E-state index in [4.69, 9.17) is 0 Å². The van der Waals surface area contributed by atoms with Crippen molar-refractivity contribution >= 4 is 0 Å². The molecule has 156 valence electrons. The summed E-state index contributed by atoms with van der Waals surface area (Å²) >= 11 is 0. The van der Waals surface area contributed by atoms with Crippen LogP contribution in [0, 0.1) is 13.8 Å². The normalized spacial score (nSPS) is 10.1. The Labute approximate surface area is 172 Å². The largest absolute Gasteiger partial charge is 2.00 e. The number of hydrogen-bond acceptors (Lipinski definition) is 0. The van der Waals surface area contributed by atoms with Crippen LogP contribution in [0.2, 0.25) is 0 Å².